The van der Waals surface area contributed by atoms with Gasteiger partial charge in [0.15, 0.2) is 11.0 Å². The molecule has 2 aromatic carbocycles. The van der Waals surface area contributed by atoms with Crippen LogP contribution < -0.4 is 10.5 Å². The van der Waals surface area contributed by atoms with Crippen molar-refractivity contribution in [3.05, 3.63) is 66.0 Å². The molecule has 1 amide bonds. The number of nitrogens with one attached hydrogen (secondary N) is 1. The van der Waals surface area contributed by atoms with Crippen LogP contribution in [0.2, 0.25) is 0 Å². The van der Waals surface area contributed by atoms with Crippen LogP contribution in [0, 0.1) is 0 Å². The summed E-state index contributed by atoms with van der Waals surface area (Å²) in [6, 6.07) is 15.9. The fourth-order valence-corrected chi connectivity index (χ4v) is 4.88. The summed E-state index contributed by atoms with van der Waals surface area (Å²) in [7, 11) is 0.240. The number of rotatable bonds is 10. The zero-order valence-corrected chi connectivity index (χ0v) is 21.3. The molecule has 0 bridgehead atoms. The lowest BCUT2D eigenvalue weighted by atomic mass is 10.2. The second-order valence-electron chi connectivity index (χ2n) is 8.12. The Balaban J connectivity index is 1.80. The molecule has 3 rings (SSSR count). The standard InChI is InChI=1S/C23H30N6O3S2/c1-5-20(28(3)4)21-26-27-23(29(21)15-17-9-7-6-8-10-17)33-16(2)22(30)25-18-11-13-19(14-12-18)34(24,31)32/h6-14,16,20H,5,15H2,1-4H3,(H,25,30)(H2,24,31,32). The third kappa shape index (κ3) is 6.44. The summed E-state index contributed by atoms with van der Waals surface area (Å²) >= 11 is 1.33. The van der Waals surface area contributed by atoms with E-state index in [-0.39, 0.29) is 16.8 Å². The zero-order valence-electron chi connectivity index (χ0n) is 19.7. The molecular formula is C23H30N6O3S2. The lowest BCUT2D eigenvalue weighted by Gasteiger charge is -2.23. The fourth-order valence-electron chi connectivity index (χ4n) is 3.51. The SMILES string of the molecule is CCC(c1nnc(SC(C)C(=O)Nc2ccc(S(N)(=O)=O)cc2)n1Cc1ccccc1)N(C)C. The number of benzene rings is 2. The van der Waals surface area contributed by atoms with Crippen LogP contribution in [-0.2, 0) is 21.4 Å². The van der Waals surface area contributed by atoms with Gasteiger partial charge in [-0.25, -0.2) is 13.6 Å². The second-order valence-corrected chi connectivity index (χ2v) is 11.0. The molecule has 0 aliphatic rings. The van der Waals surface area contributed by atoms with Crippen molar-refractivity contribution < 1.29 is 13.2 Å². The van der Waals surface area contributed by atoms with Gasteiger partial charge in [-0.15, -0.1) is 10.2 Å². The third-order valence-corrected chi connectivity index (χ3v) is 7.35. The van der Waals surface area contributed by atoms with Crippen molar-refractivity contribution >= 4 is 33.4 Å². The summed E-state index contributed by atoms with van der Waals surface area (Å²) in [5, 5.41) is 17.0. The van der Waals surface area contributed by atoms with Gasteiger partial charge < -0.3 is 9.88 Å². The van der Waals surface area contributed by atoms with E-state index in [1.54, 1.807) is 6.92 Å². The second kappa shape index (κ2) is 11.1. The van der Waals surface area contributed by atoms with Crippen molar-refractivity contribution in [3.8, 4) is 0 Å². The van der Waals surface area contributed by atoms with Crippen molar-refractivity contribution in [2.45, 2.75) is 48.2 Å². The number of sulfonamides is 1. The lowest BCUT2D eigenvalue weighted by Crippen LogP contribution is -2.25. The highest BCUT2D eigenvalue weighted by Crippen LogP contribution is 2.29. The first-order valence-corrected chi connectivity index (χ1v) is 13.3. The van der Waals surface area contributed by atoms with Gasteiger partial charge in [-0.3, -0.25) is 9.69 Å². The minimum absolute atomic E-state index is 0.0131. The minimum atomic E-state index is -3.79. The van der Waals surface area contributed by atoms with E-state index in [1.807, 2.05) is 32.3 Å². The summed E-state index contributed by atoms with van der Waals surface area (Å²) in [5.74, 6) is 0.619. The first kappa shape index (κ1) is 25.9. The van der Waals surface area contributed by atoms with Crippen LogP contribution in [0.4, 0.5) is 5.69 Å². The van der Waals surface area contributed by atoms with Gasteiger partial charge in [-0.05, 0) is 57.3 Å². The van der Waals surface area contributed by atoms with E-state index in [0.29, 0.717) is 17.4 Å². The van der Waals surface area contributed by atoms with Gasteiger partial charge in [0.1, 0.15) is 0 Å². The van der Waals surface area contributed by atoms with Gasteiger partial charge in [0.25, 0.3) is 0 Å². The molecular weight excluding hydrogens is 472 g/mol. The molecule has 0 radical (unpaired) electrons. The van der Waals surface area contributed by atoms with E-state index in [2.05, 4.69) is 44.0 Å². The van der Waals surface area contributed by atoms with Crippen LogP contribution in [0.3, 0.4) is 0 Å². The average molecular weight is 503 g/mol. The summed E-state index contributed by atoms with van der Waals surface area (Å²) < 4.78 is 24.9. The van der Waals surface area contributed by atoms with Gasteiger partial charge in [-0.2, -0.15) is 0 Å². The van der Waals surface area contributed by atoms with Crippen LogP contribution in [0.5, 0.6) is 0 Å². The Hall–Kier alpha value is -2.73. The number of anilines is 1. The van der Waals surface area contributed by atoms with E-state index in [4.69, 9.17) is 5.14 Å². The molecule has 1 aromatic heterocycles. The summed E-state index contributed by atoms with van der Waals surface area (Å²) in [4.78, 5) is 14.9. The maximum absolute atomic E-state index is 12.8. The molecule has 34 heavy (non-hydrogen) atoms. The van der Waals surface area contributed by atoms with Crippen LogP contribution >= 0.6 is 11.8 Å². The smallest absolute Gasteiger partial charge is 0.238 e. The molecule has 0 aliphatic heterocycles. The van der Waals surface area contributed by atoms with E-state index < -0.39 is 15.3 Å². The maximum atomic E-state index is 12.8. The largest absolute Gasteiger partial charge is 0.325 e. The topological polar surface area (TPSA) is 123 Å². The Morgan fingerprint density at radius 3 is 2.32 bits per heavy atom. The molecule has 0 spiro atoms. The number of hydrogen-bond acceptors (Lipinski definition) is 7. The number of thioether (sulfide) groups is 1. The predicted octanol–water partition coefficient (Wildman–Crippen LogP) is 3.11. The van der Waals surface area contributed by atoms with Crippen molar-refractivity contribution in [3.63, 3.8) is 0 Å². The highest BCUT2D eigenvalue weighted by atomic mass is 32.2. The molecule has 0 saturated carbocycles. The number of carbonyl (C=O) groups is 1. The normalized spacial score (nSPS) is 13.6. The molecule has 0 saturated heterocycles. The summed E-state index contributed by atoms with van der Waals surface area (Å²) in [6.45, 7) is 4.50. The Kier molecular flexibility index (Phi) is 8.47. The van der Waals surface area contributed by atoms with E-state index in [0.717, 1.165) is 17.8 Å². The molecule has 9 nitrogen and oxygen atoms in total. The van der Waals surface area contributed by atoms with Gasteiger partial charge >= 0.3 is 0 Å². The highest BCUT2D eigenvalue weighted by Gasteiger charge is 2.25. The van der Waals surface area contributed by atoms with Gasteiger partial charge in [0, 0.05) is 5.69 Å². The Bertz CT molecular complexity index is 1210. The molecule has 1 heterocycles. The molecule has 182 valence electrons. The number of amides is 1. The third-order valence-electron chi connectivity index (χ3n) is 5.34. The molecule has 3 aromatic rings. The fraction of sp³-hybridized carbons (Fsp3) is 0.348. The Morgan fingerprint density at radius 2 is 1.76 bits per heavy atom. The quantitative estimate of drug-likeness (QED) is 0.408. The molecule has 11 heteroatoms. The van der Waals surface area contributed by atoms with Crippen LogP contribution in [-0.4, -0.2) is 53.3 Å². The molecule has 3 N–H and O–H groups in total. The lowest BCUT2D eigenvalue weighted by molar-refractivity contribution is -0.115. The van der Waals surface area contributed by atoms with E-state index in [9.17, 15) is 13.2 Å². The molecule has 2 unspecified atom stereocenters. The molecule has 0 aliphatic carbocycles. The highest BCUT2D eigenvalue weighted by molar-refractivity contribution is 8.00. The van der Waals surface area contributed by atoms with E-state index >= 15 is 0 Å². The number of hydrogen-bond donors (Lipinski definition) is 2. The van der Waals surface area contributed by atoms with Crippen molar-refractivity contribution in [1.29, 1.82) is 0 Å². The number of primary sulfonamides is 1. The monoisotopic (exact) mass is 502 g/mol. The first-order valence-electron chi connectivity index (χ1n) is 10.8. The van der Waals surface area contributed by atoms with Crippen molar-refractivity contribution in [2.24, 2.45) is 5.14 Å². The predicted molar refractivity (Wildman–Crippen MR) is 134 cm³/mol. The summed E-state index contributed by atoms with van der Waals surface area (Å²) in [6.07, 6.45) is 0.870. The molecule has 2 atom stereocenters. The zero-order chi connectivity index (χ0) is 24.9. The molecule has 0 fully saturated rings. The van der Waals surface area contributed by atoms with Crippen LogP contribution in [0.15, 0.2) is 64.6 Å². The summed E-state index contributed by atoms with van der Waals surface area (Å²) in [5.41, 5.74) is 1.60. The average Bonchev–Trinajstić information content (AvgIpc) is 3.16. The van der Waals surface area contributed by atoms with Crippen LogP contribution in [0.1, 0.15) is 37.7 Å². The van der Waals surface area contributed by atoms with Crippen molar-refractivity contribution in [1.82, 2.24) is 19.7 Å². The number of nitrogens with zero attached hydrogens (tertiary/aromatic N) is 4. The number of carbonyl (C=O) groups excluding carboxylic acids is 1. The van der Waals surface area contributed by atoms with E-state index in [1.165, 1.54) is 36.0 Å². The van der Waals surface area contributed by atoms with Gasteiger partial charge in [0.05, 0.1) is 22.7 Å². The Morgan fingerprint density at radius 1 is 1.12 bits per heavy atom. The maximum Gasteiger partial charge on any atom is 0.238 e. The minimum Gasteiger partial charge on any atom is -0.325 e. The first-order chi connectivity index (χ1) is 16.1. The number of aromatic nitrogens is 3. The number of nitrogens with two attached hydrogens (primary N) is 1. The van der Waals surface area contributed by atoms with Gasteiger partial charge in [-0.1, -0.05) is 49.0 Å². The van der Waals surface area contributed by atoms with Crippen LogP contribution in [0.25, 0.3) is 0 Å². The van der Waals surface area contributed by atoms with Crippen molar-refractivity contribution in [2.75, 3.05) is 19.4 Å². The Labute approximate surface area is 204 Å². The van der Waals surface area contributed by atoms with Gasteiger partial charge in [0.2, 0.25) is 15.9 Å².